The molecule has 3 rings (SSSR count). The van der Waals surface area contributed by atoms with Gasteiger partial charge in [-0.15, -0.1) is 0 Å². The molecule has 1 saturated carbocycles. The van der Waals surface area contributed by atoms with Crippen LogP contribution in [-0.4, -0.2) is 41.9 Å². The highest BCUT2D eigenvalue weighted by Gasteiger charge is 2.33. The van der Waals surface area contributed by atoms with E-state index < -0.39 is 0 Å². The summed E-state index contributed by atoms with van der Waals surface area (Å²) >= 11 is 0. The van der Waals surface area contributed by atoms with Crippen LogP contribution in [0.3, 0.4) is 0 Å². The van der Waals surface area contributed by atoms with Crippen LogP contribution in [0, 0.1) is 19.8 Å². The van der Waals surface area contributed by atoms with Crippen molar-refractivity contribution in [3.8, 4) is 0 Å². The molecule has 2 aliphatic rings. The van der Waals surface area contributed by atoms with Crippen molar-refractivity contribution >= 4 is 5.91 Å². The van der Waals surface area contributed by atoms with Crippen molar-refractivity contribution in [1.29, 1.82) is 0 Å². The van der Waals surface area contributed by atoms with Crippen LogP contribution >= 0.6 is 0 Å². The maximum absolute atomic E-state index is 12.2. The molecule has 1 heterocycles. The molecule has 114 valence electrons. The van der Waals surface area contributed by atoms with E-state index in [9.17, 15) is 4.79 Å². The van der Waals surface area contributed by atoms with E-state index in [1.807, 2.05) is 0 Å². The van der Waals surface area contributed by atoms with Gasteiger partial charge in [0.05, 0.1) is 0 Å². The third kappa shape index (κ3) is 3.65. The molecule has 21 heavy (non-hydrogen) atoms. The van der Waals surface area contributed by atoms with E-state index >= 15 is 0 Å². The van der Waals surface area contributed by atoms with Crippen LogP contribution < -0.4 is 0 Å². The van der Waals surface area contributed by atoms with Crippen molar-refractivity contribution in [2.75, 3.05) is 26.2 Å². The molecule has 1 saturated heterocycles. The van der Waals surface area contributed by atoms with Gasteiger partial charge in [-0.2, -0.15) is 0 Å². The lowest BCUT2D eigenvalue weighted by Gasteiger charge is -2.22. The molecule has 0 unspecified atom stereocenters. The molecule has 1 aliphatic carbocycles. The highest BCUT2D eigenvalue weighted by Crippen LogP contribution is 2.31. The molecule has 0 aromatic heterocycles. The lowest BCUT2D eigenvalue weighted by molar-refractivity contribution is -0.132. The Morgan fingerprint density at radius 3 is 2.62 bits per heavy atom. The summed E-state index contributed by atoms with van der Waals surface area (Å²) in [5.41, 5.74) is 4.11. The second kappa shape index (κ2) is 6.18. The summed E-state index contributed by atoms with van der Waals surface area (Å²) in [6, 6.07) is 6.75. The van der Waals surface area contributed by atoms with Crippen molar-refractivity contribution in [3.63, 3.8) is 0 Å². The fourth-order valence-corrected chi connectivity index (χ4v) is 3.10. The molecule has 3 nitrogen and oxygen atoms in total. The van der Waals surface area contributed by atoms with Crippen molar-refractivity contribution in [2.24, 2.45) is 5.92 Å². The predicted molar refractivity (Wildman–Crippen MR) is 85.1 cm³/mol. The molecule has 1 amide bonds. The number of carbonyl (C=O) groups excluding carboxylic acids is 1. The monoisotopic (exact) mass is 286 g/mol. The van der Waals surface area contributed by atoms with Gasteiger partial charge in [0, 0.05) is 38.6 Å². The van der Waals surface area contributed by atoms with Gasteiger partial charge >= 0.3 is 0 Å². The van der Waals surface area contributed by atoms with E-state index in [-0.39, 0.29) is 0 Å². The summed E-state index contributed by atoms with van der Waals surface area (Å²) < 4.78 is 0. The molecule has 1 aromatic carbocycles. The molecule has 0 atom stereocenters. The second-order valence-electron chi connectivity index (χ2n) is 6.65. The van der Waals surface area contributed by atoms with Gasteiger partial charge in [-0.3, -0.25) is 9.69 Å². The predicted octanol–water partition coefficient (Wildman–Crippen LogP) is 2.75. The second-order valence-corrected chi connectivity index (χ2v) is 6.65. The first-order valence-electron chi connectivity index (χ1n) is 8.21. The molecule has 1 aliphatic heterocycles. The number of carbonyl (C=O) groups is 1. The smallest absolute Gasteiger partial charge is 0.225 e. The minimum absolute atomic E-state index is 0.358. The molecular formula is C18H26N2O. The van der Waals surface area contributed by atoms with Crippen LogP contribution in [0.25, 0.3) is 0 Å². The number of hydrogen-bond donors (Lipinski definition) is 0. The summed E-state index contributed by atoms with van der Waals surface area (Å²) in [5.74, 6) is 0.763. The molecule has 0 spiro atoms. The molecule has 0 N–H and O–H groups in total. The van der Waals surface area contributed by atoms with Gasteiger partial charge in [0.25, 0.3) is 0 Å². The van der Waals surface area contributed by atoms with Crippen LogP contribution in [0.15, 0.2) is 18.2 Å². The van der Waals surface area contributed by atoms with Crippen molar-refractivity contribution < 1.29 is 4.79 Å². The number of amides is 1. The zero-order chi connectivity index (χ0) is 14.8. The van der Waals surface area contributed by atoms with Crippen molar-refractivity contribution in [1.82, 2.24) is 9.80 Å². The number of hydrogen-bond acceptors (Lipinski definition) is 2. The molecule has 3 heteroatoms. The molecule has 0 bridgehead atoms. The van der Waals surface area contributed by atoms with Crippen LogP contribution in [0.2, 0.25) is 0 Å². The van der Waals surface area contributed by atoms with Crippen LogP contribution in [0.5, 0.6) is 0 Å². The fraction of sp³-hybridized carbons (Fsp3) is 0.611. The highest BCUT2D eigenvalue weighted by atomic mass is 16.2. The van der Waals surface area contributed by atoms with Crippen molar-refractivity contribution in [2.45, 2.75) is 39.7 Å². The Morgan fingerprint density at radius 2 is 1.90 bits per heavy atom. The fourth-order valence-electron chi connectivity index (χ4n) is 3.10. The van der Waals surface area contributed by atoms with Crippen LogP contribution in [0.4, 0.5) is 0 Å². The highest BCUT2D eigenvalue weighted by molar-refractivity contribution is 5.81. The molecule has 0 radical (unpaired) electrons. The molecule has 1 aromatic rings. The number of benzene rings is 1. The number of aryl methyl sites for hydroxylation is 2. The van der Waals surface area contributed by atoms with E-state index in [0.717, 1.165) is 52.0 Å². The summed E-state index contributed by atoms with van der Waals surface area (Å²) in [7, 11) is 0. The van der Waals surface area contributed by atoms with Gasteiger partial charge in [-0.1, -0.05) is 18.2 Å². The Morgan fingerprint density at radius 1 is 1.10 bits per heavy atom. The SMILES string of the molecule is Cc1ccc(CN2CCCN(C(=O)C3CC3)CC2)cc1C. The maximum atomic E-state index is 12.2. The van der Waals surface area contributed by atoms with Gasteiger partial charge < -0.3 is 4.90 Å². The van der Waals surface area contributed by atoms with E-state index in [4.69, 9.17) is 0 Å². The molecular weight excluding hydrogens is 260 g/mol. The third-order valence-corrected chi connectivity index (χ3v) is 4.80. The summed E-state index contributed by atoms with van der Waals surface area (Å²) in [6.07, 6.45) is 3.33. The summed E-state index contributed by atoms with van der Waals surface area (Å²) in [4.78, 5) is 16.8. The zero-order valence-corrected chi connectivity index (χ0v) is 13.3. The van der Waals surface area contributed by atoms with Gasteiger partial charge in [0.15, 0.2) is 0 Å². The third-order valence-electron chi connectivity index (χ3n) is 4.80. The van der Waals surface area contributed by atoms with E-state index in [1.165, 1.54) is 16.7 Å². The minimum Gasteiger partial charge on any atom is -0.341 e. The van der Waals surface area contributed by atoms with Gasteiger partial charge in [0.2, 0.25) is 5.91 Å². The standard InChI is InChI=1S/C18H26N2O/c1-14-4-5-16(12-15(14)2)13-19-8-3-9-20(11-10-19)18(21)17-6-7-17/h4-5,12,17H,3,6-11,13H2,1-2H3. The molecule has 2 fully saturated rings. The van der Waals surface area contributed by atoms with Gasteiger partial charge in [-0.25, -0.2) is 0 Å². The maximum Gasteiger partial charge on any atom is 0.225 e. The first-order valence-corrected chi connectivity index (χ1v) is 8.21. The van der Waals surface area contributed by atoms with Crippen LogP contribution in [-0.2, 0) is 11.3 Å². The largest absolute Gasteiger partial charge is 0.341 e. The first-order chi connectivity index (χ1) is 10.1. The summed E-state index contributed by atoms with van der Waals surface area (Å²) in [5, 5.41) is 0. The van der Waals surface area contributed by atoms with E-state index in [2.05, 4.69) is 41.8 Å². The average molecular weight is 286 g/mol. The number of rotatable bonds is 3. The normalized spacial score (nSPS) is 20.4. The van der Waals surface area contributed by atoms with Gasteiger partial charge in [0.1, 0.15) is 0 Å². The topological polar surface area (TPSA) is 23.6 Å². The first kappa shape index (κ1) is 14.6. The Hall–Kier alpha value is -1.35. The summed E-state index contributed by atoms with van der Waals surface area (Å²) in [6.45, 7) is 9.29. The Balaban J connectivity index is 1.57. The zero-order valence-electron chi connectivity index (χ0n) is 13.3. The lowest BCUT2D eigenvalue weighted by Crippen LogP contribution is -2.36. The number of nitrogens with zero attached hydrogens (tertiary/aromatic N) is 2. The Labute approximate surface area is 127 Å². The quantitative estimate of drug-likeness (QED) is 0.853. The van der Waals surface area contributed by atoms with Gasteiger partial charge in [-0.05, 0) is 49.8 Å². The van der Waals surface area contributed by atoms with E-state index in [1.54, 1.807) is 0 Å². The Bertz CT molecular complexity index is 522. The Kier molecular flexibility index (Phi) is 4.29. The van der Waals surface area contributed by atoms with Crippen LogP contribution in [0.1, 0.15) is 36.0 Å². The average Bonchev–Trinajstić information content (AvgIpc) is 3.29. The van der Waals surface area contributed by atoms with E-state index in [0.29, 0.717) is 11.8 Å². The minimum atomic E-state index is 0.358. The lowest BCUT2D eigenvalue weighted by atomic mass is 10.1. The van der Waals surface area contributed by atoms with Crippen molar-refractivity contribution in [3.05, 3.63) is 34.9 Å².